The molecular formula is C22H37N5O11. The highest BCUT2D eigenvalue weighted by Crippen LogP contribution is 2.04. The van der Waals surface area contributed by atoms with Crippen molar-refractivity contribution in [3.05, 3.63) is 0 Å². The average Bonchev–Trinajstić information content (AvgIpc) is 2.83. The molecule has 16 heteroatoms. The summed E-state index contributed by atoms with van der Waals surface area (Å²) in [5, 5.41) is 45.0. The Hall–Kier alpha value is -3.95. The topological polar surface area (TPSA) is 275 Å². The van der Waals surface area contributed by atoms with E-state index in [1.807, 2.05) is 10.6 Å². The average molecular weight is 548 g/mol. The summed E-state index contributed by atoms with van der Waals surface area (Å²) in [7, 11) is 0. The first-order valence-electron chi connectivity index (χ1n) is 12.1. The minimum Gasteiger partial charge on any atom is -0.481 e. The lowest BCUT2D eigenvalue weighted by molar-refractivity contribution is -0.141. The van der Waals surface area contributed by atoms with Gasteiger partial charge in [-0.05, 0) is 38.6 Å². The summed E-state index contributed by atoms with van der Waals surface area (Å²) in [6.45, 7) is 0.876. The van der Waals surface area contributed by atoms with Crippen LogP contribution in [-0.4, -0.2) is 93.4 Å². The molecule has 4 amide bonds. The number of carboxylic acid groups (broad SMARTS) is 4. The summed E-state index contributed by atoms with van der Waals surface area (Å²) in [4.78, 5) is 81.1. The van der Waals surface area contributed by atoms with Crippen LogP contribution in [0.4, 0.5) is 4.79 Å². The number of carboxylic acids is 4. The Morgan fingerprint density at radius 2 is 1.08 bits per heavy atom. The van der Waals surface area contributed by atoms with Crippen LogP contribution in [0.15, 0.2) is 0 Å². The fourth-order valence-electron chi connectivity index (χ4n) is 3.18. The minimum atomic E-state index is -1.62. The zero-order chi connectivity index (χ0) is 29.1. The highest BCUT2D eigenvalue weighted by atomic mass is 16.4. The maximum Gasteiger partial charge on any atom is 0.326 e. The lowest BCUT2D eigenvalue weighted by atomic mass is 10.1. The Balaban J connectivity index is 4.91. The molecule has 0 aliphatic heterocycles. The van der Waals surface area contributed by atoms with E-state index in [0.29, 0.717) is 19.5 Å². The van der Waals surface area contributed by atoms with Gasteiger partial charge < -0.3 is 47.4 Å². The highest BCUT2D eigenvalue weighted by molar-refractivity contribution is 5.89. The molecule has 0 rings (SSSR count). The summed E-state index contributed by atoms with van der Waals surface area (Å²) in [6, 6.07) is -5.57. The normalized spacial score (nSPS) is 12.9. The van der Waals surface area contributed by atoms with Crippen molar-refractivity contribution in [2.45, 2.75) is 82.3 Å². The molecule has 0 aliphatic rings. The first-order valence-corrected chi connectivity index (χ1v) is 12.1. The van der Waals surface area contributed by atoms with Gasteiger partial charge in [0.25, 0.3) is 0 Å². The first-order chi connectivity index (χ1) is 17.9. The number of amides is 4. The number of aliphatic carboxylic acids is 4. The van der Waals surface area contributed by atoms with Crippen LogP contribution in [0.2, 0.25) is 0 Å². The van der Waals surface area contributed by atoms with Crippen LogP contribution >= 0.6 is 0 Å². The quantitative estimate of drug-likeness (QED) is 0.0768. The number of nitrogens with one attached hydrogen (secondary N) is 4. The van der Waals surface area contributed by atoms with Gasteiger partial charge in [-0.15, -0.1) is 0 Å². The smallest absolute Gasteiger partial charge is 0.326 e. The molecule has 0 bridgehead atoms. The molecule has 0 aromatic carbocycles. The minimum absolute atomic E-state index is 0.198. The van der Waals surface area contributed by atoms with Gasteiger partial charge in [0.2, 0.25) is 11.8 Å². The van der Waals surface area contributed by atoms with Crippen LogP contribution in [0.3, 0.4) is 0 Å². The van der Waals surface area contributed by atoms with E-state index >= 15 is 0 Å². The molecule has 0 aliphatic carbocycles. The predicted molar refractivity (Wildman–Crippen MR) is 130 cm³/mol. The molecule has 0 fully saturated rings. The Bertz CT molecular complexity index is 837. The van der Waals surface area contributed by atoms with Gasteiger partial charge in [0.1, 0.15) is 18.1 Å². The number of nitrogens with two attached hydrogens (primary N) is 1. The van der Waals surface area contributed by atoms with Gasteiger partial charge in [-0.3, -0.25) is 19.2 Å². The van der Waals surface area contributed by atoms with Gasteiger partial charge >= 0.3 is 29.9 Å². The molecule has 10 N–H and O–H groups in total. The predicted octanol–water partition coefficient (Wildman–Crippen LogP) is -1.18. The van der Waals surface area contributed by atoms with E-state index in [-0.39, 0.29) is 6.42 Å². The zero-order valence-electron chi connectivity index (χ0n) is 20.9. The summed E-state index contributed by atoms with van der Waals surface area (Å²) < 4.78 is 0. The van der Waals surface area contributed by atoms with E-state index in [2.05, 4.69) is 10.6 Å². The second-order valence-electron chi connectivity index (χ2n) is 8.42. The number of carbonyl (C=O) groups is 7. The molecule has 0 aromatic rings. The highest BCUT2D eigenvalue weighted by Gasteiger charge is 2.27. The van der Waals surface area contributed by atoms with Crippen molar-refractivity contribution >= 4 is 41.7 Å². The van der Waals surface area contributed by atoms with Crippen molar-refractivity contribution in [1.82, 2.24) is 21.3 Å². The van der Waals surface area contributed by atoms with Crippen LogP contribution in [0.5, 0.6) is 0 Å². The Kier molecular flexibility index (Phi) is 17.2. The lowest BCUT2D eigenvalue weighted by Gasteiger charge is -2.20. The Morgan fingerprint density at radius 1 is 0.605 bits per heavy atom. The largest absolute Gasteiger partial charge is 0.481 e. The summed E-state index contributed by atoms with van der Waals surface area (Å²) in [6.07, 6.45) is 0.745. The molecule has 0 saturated heterocycles. The fourth-order valence-corrected chi connectivity index (χ4v) is 3.18. The van der Waals surface area contributed by atoms with Crippen LogP contribution in [0.25, 0.3) is 0 Å². The zero-order valence-corrected chi connectivity index (χ0v) is 20.9. The van der Waals surface area contributed by atoms with E-state index < -0.39 is 92.0 Å². The number of rotatable bonds is 21. The van der Waals surface area contributed by atoms with Crippen molar-refractivity contribution in [1.29, 1.82) is 0 Å². The van der Waals surface area contributed by atoms with Gasteiger partial charge in [0.05, 0.1) is 0 Å². The molecule has 16 nitrogen and oxygen atoms in total. The van der Waals surface area contributed by atoms with Gasteiger partial charge in [0.15, 0.2) is 0 Å². The molecular weight excluding hydrogens is 510 g/mol. The number of carbonyl (C=O) groups excluding carboxylic acids is 3. The number of unbranched alkanes of at least 4 members (excludes halogenated alkanes) is 3. The van der Waals surface area contributed by atoms with E-state index in [4.69, 9.17) is 21.1 Å². The third kappa shape index (κ3) is 16.7. The summed E-state index contributed by atoms with van der Waals surface area (Å²) in [5.41, 5.74) is 5.42. The van der Waals surface area contributed by atoms with E-state index in [9.17, 15) is 38.7 Å². The van der Waals surface area contributed by atoms with Crippen molar-refractivity contribution in [3.63, 3.8) is 0 Å². The second-order valence-corrected chi connectivity index (χ2v) is 8.42. The molecule has 0 spiro atoms. The van der Waals surface area contributed by atoms with Gasteiger partial charge in [-0.2, -0.15) is 0 Å². The molecule has 0 saturated carbocycles. The van der Waals surface area contributed by atoms with Gasteiger partial charge in [-0.25, -0.2) is 14.4 Å². The van der Waals surface area contributed by atoms with E-state index in [0.717, 1.165) is 19.3 Å². The molecule has 0 aromatic heterocycles. The number of hydrogen-bond acceptors (Lipinski definition) is 8. The van der Waals surface area contributed by atoms with Crippen molar-refractivity contribution in [3.8, 4) is 0 Å². The van der Waals surface area contributed by atoms with Crippen molar-refractivity contribution < 1.29 is 54.0 Å². The molecule has 0 unspecified atom stereocenters. The van der Waals surface area contributed by atoms with Crippen LogP contribution < -0.4 is 27.0 Å². The molecule has 216 valence electrons. The fraction of sp³-hybridized carbons (Fsp3) is 0.682. The SMILES string of the molecule is NCCCCCCNC(=O)[C@H](CCC(=O)O)NC(=O)CC[C@H](NC(=O)N[C@@H](CCC(=O)O)C(=O)O)C(=O)O. The Morgan fingerprint density at radius 3 is 1.55 bits per heavy atom. The van der Waals surface area contributed by atoms with E-state index in [1.165, 1.54) is 0 Å². The maximum atomic E-state index is 12.4. The third-order valence-corrected chi connectivity index (χ3v) is 5.24. The number of urea groups is 1. The van der Waals surface area contributed by atoms with Crippen LogP contribution in [0, 0.1) is 0 Å². The molecule has 38 heavy (non-hydrogen) atoms. The third-order valence-electron chi connectivity index (χ3n) is 5.24. The molecule has 3 atom stereocenters. The van der Waals surface area contributed by atoms with Gasteiger partial charge in [-0.1, -0.05) is 12.8 Å². The number of hydrogen-bond donors (Lipinski definition) is 9. The van der Waals surface area contributed by atoms with Crippen LogP contribution in [0.1, 0.15) is 64.2 Å². The Labute approximate surface area is 218 Å². The maximum absolute atomic E-state index is 12.4. The van der Waals surface area contributed by atoms with Gasteiger partial charge in [0, 0.05) is 25.8 Å². The lowest BCUT2D eigenvalue weighted by Crippen LogP contribution is -2.51. The van der Waals surface area contributed by atoms with Crippen molar-refractivity contribution in [2.24, 2.45) is 5.73 Å². The summed E-state index contributed by atoms with van der Waals surface area (Å²) in [5.74, 6) is -6.87. The molecule has 0 heterocycles. The second kappa shape index (κ2) is 19.2. The van der Waals surface area contributed by atoms with Crippen LogP contribution in [-0.2, 0) is 28.8 Å². The standard InChI is InChI=1S/C22H37N5O11/c23-11-3-1-2-4-12-24-19(33)13(6-9-17(29)30)25-16(28)8-5-14(20(34)35)26-22(38)27-15(21(36)37)7-10-18(31)32/h13-15H,1-12,23H2,(H,24,33)(H,25,28)(H,29,30)(H,31,32)(H,34,35)(H,36,37)(H2,26,27,38)/t13-,14-,15-/m0/s1. The monoisotopic (exact) mass is 547 g/mol. The van der Waals surface area contributed by atoms with E-state index in [1.54, 1.807) is 0 Å². The molecule has 0 radical (unpaired) electrons. The van der Waals surface area contributed by atoms with Crippen molar-refractivity contribution in [2.75, 3.05) is 13.1 Å². The first kappa shape index (κ1) is 34.0. The summed E-state index contributed by atoms with van der Waals surface area (Å²) >= 11 is 0.